The van der Waals surface area contributed by atoms with Crippen LogP contribution in [-0.4, -0.2) is 57.4 Å². The van der Waals surface area contributed by atoms with E-state index in [2.05, 4.69) is 20.6 Å². The van der Waals surface area contributed by atoms with E-state index in [0.717, 1.165) is 56.3 Å². The standard InChI is InChI=1S/C28H34N6O5/c1-38-25-19(23-16-34(17-31-23)11-10-28(8-3-9-28)39-13-12-35)4-2-5-21(25)32-22-14-24(30-15-20(22)26(29)36)33-27(37)18-6-7-18/h2,4-5,14-18,35H,3,6-13H2,1H3,(H2,29,36)(H2,30,32,33,37). The van der Waals surface area contributed by atoms with Crippen LogP contribution in [0.3, 0.4) is 0 Å². The average molecular weight is 535 g/mol. The fraction of sp³-hybridized carbons (Fsp3) is 0.429. The van der Waals surface area contributed by atoms with Crippen molar-refractivity contribution < 1.29 is 24.2 Å². The van der Waals surface area contributed by atoms with Gasteiger partial charge in [0, 0.05) is 36.5 Å². The van der Waals surface area contributed by atoms with Crippen molar-refractivity contribution in [3.63, 3.8) is 0 Å². The van der Waals surface area contributed by atoms with Gasteiger partial charge in [-0.2, -0.15) is 0 Å². The van der Waals surface area contributed by atoms with Crippen LogP contribution >= 0.6 is 0 Å². The molecule has 0 aliphatic heterocycles. The van der Waals surface area contributed by atoms with Gasteiger partial charge in [0.15, 0.2) is 5.75 Å². The summed E-state index contributed by atoms with van der Waals surface area (Å²) in [5.74, 6) is 0.161. The summed E-state index contributed by atoms with van der Waals surface area (Å²) in [7, 11) is 1.57. The Labute approximate surface area is 226 Å². The topological polar surface area (TPSA) is 154 Å². The molecule has 0 unspecified atom stereocenters. The fourth-order valence-corrected chi connectivity index (χ4v) is 4.85. The normalized spacial score (nSPS) is 15.8. The highest BCUT2D eigenvalue weighted by Crippen LogP contribution is 2.40. The van der Waals surface area contributed by atoms with Crippen molar-refractivity contribution in [3.05, 3.63) is 48.5 Å². The maximum absolute atomic E-state index is 12.2. The number of carbonyl (C=O) groups excluding carboxylic acids is 2. The van der Waals surface area contributed by atoms with Crippen LogP contribution in [0.15, 0.2) is 43.0 Å². The number of carbonyl (C=O) groups is 2. The van der Waals surface area contributed by atoms with E-state index in [4.69, 9.17) is 20.3 Å². The summed E-state index contributed by atoms with van der Waals surface area (Å²) >= 11 is 0. The van der Waals surface area contributed by atoms with E-state index in [1.807, 2.05) is 29.0 Å². The molecular weight excluding hydrogens is 500 g/mol. The second kappa shape index (κ2) is 11.4. The van der Waals surface area contributed by atoms with Gasteiger partial charge in [-0.25, -0.2) is 9.97 Å². The van der Waals surface area contributed by atoms with Gasteiger partial charge in [-0.15, -0.1) is 0 Å². The van der Waals surface area contributed by atoms with Gasteiger partial charge >= 0.3 is 0 Å². The van der Waals surface area contributed by atoms with Crippen LogP contribution < -0.4 is 21.1 Å². The van der Waals surface area contributed by atoms with Crippen LogP contribution in [0, 0.1) is 5.92 Å². The molecule has 0 saturated heterocycles. The molecule has 2 saturated carbocycles. The number of nitrogens with two attached hydrogens (primary N) is 1. The summed E-state index contributed by atoms with van der Waals surface area (Å²) < 4.78 is 13.7. The molecule has 3 aromatic rings. The van der Waals surface area contributed by atoms with Crippen LogP contribution in [0.1, 0.15) is 48.9 Å². The van der Waals surface area contributed by atoms with Gasteiger partial charge in [0.25, 0.3) is 5.91 Å². The largest absolute Gasteiger partial charge is 0.494 e. The number of aliphatic hydroxyl groups is 1. The predicted octanol–water partition coefficient (Wildman–Crippen LogP) is 3.47. The highest BCUT2D eigenvalue weighted by Gasteiger charge is 2.37. The first-order chi connectivity index (χ1) is 18.9. The summed E-state index contributed by atoms with van der Waals surface area (Å²) in [5, 5.41) is 15.2. The Kier molecular flexibility index (Phi) is 7.80. The van der Waals surface area contributed by atoms with Crippen molar-refractivity contribution in [2.24, 2.45) is 11.7 Å². The van der Waals surface area contributed by atoms with Crippen molar-refractivity contribution in [1.29, 1.82) is 0 Å². The molecule has 0 spiro atoms. The van der Waals surface area contributed by atoms with E-state index in [-0.39, 0.29) is 29.6 Å². The molecule has 0 atom stereocenters. The molecule has 2 fully saturated rings. The zero-order valence-corrected chi connectivity index (χ0v) is 22.0. The number of nitrogens with zero attached hydrogens (tertiary/aromatic N) is 3. The van der Waals surface area contributed by atoms with Gasteiger partial charge in [-0.05, 0) is 50.7 Å². The number of hydrogen-bond donors (Lipinski definition) is 4. The Morgan fingerprint density at radius 2 is 2.05 bits per heavy atom. The van der Waals surface area contributed by atoms with Gasteiger partial charge in [-0.3, -0.25) is 9.59 Å². The summed E-state index contributed by atoms with van der Waals surface area (Å²) in [5.41, 5.74) is 8.13. The number of anilines is 3. The number of aromatic nitrogens is 3. The van der Waals surface area contributed by atoms with Crippen LogP contribution in [0.5, 0.6) is 5.75 Å². The van der Waals surface area contributed by atoms with Crippen molar-refractivity contribution in [2.45, 2.75) is 50.7 Å². The summed E-state index contributed by atoms with van der Waals surface area (Å²) in [6.07, 6.45) is 10.8. The minimum absolute atomic E-state index is 0.0166. The lowest BCUT2D eigenvalue weighted by atomic mass is 9.77. The van der Waals surface area contributed by atoms with E-state index < -0.39 is 5.91 Å². The van der Waals surface area contributed by atoms with Crippen molar-refractivity contribution in [1.82, 2.24) is 14.5 Å². The lowest BCUT2D eigenvalue weighted by Crippen LogP contribution is -2.41. The SMILES string of the molecule is COc1c(Nc2cc(NC(=O)C3CC3)ncc2C(N)=O)cccc1-c1cn(CCC2(OCCO)CCC2)cn1. The quantitative estimate of drug-likeness (QED) is 0.260. The van der Waals surface area contributed by atoms with Gasteiger partial charge in [0.2, 0.25) is 5.91 Å². The van der Waals surface area contributed by atoms with E-state index in [9.17, 15) is 9.59 Å². The minimum Gasteiger partial charge on any atom is -0.494 e. The molecule has 206 valence electrons. The molecule has 0 radical (unpaired) electrons. The third kappa shape index (κ3) is 6.04. The minimum atomic E-state index is -0.647. The van der Waals surface area contributed by atoms with Gasteiger partial charge < -0.3 is 35.5 Å². The number of ether oxygens (including phenoxy) is 2. The molecule has 2 aromatic heterocycles. The summed E-state index contributed by atoms with van der Waals surface area (Å²) in [4.78, 5) is 33.1. The predicted molar refractivity (Wildman–Crippen MR) is 146 cm³/mol. The van der Waals surface area contributed by atoms with Gasteiger partial charge in [-0.1, -0.05) is 6.07 Å². The Bertz CT molecular complexity index is 1350. The first-order valence-corrected chi connectivity index (χ1v) is 13.2. The first kappa shape index (κ1) is 26.6. The van der Waals surface area contributed by atoms with Crippen LogP contribution in [0.4, 0.5) is 17.2 Å². The number of aryl methyl sites for hydroxylation is 1. The van der Waals surface area contributed by atoms with E-state index in [1.54, 1.807) is 19.5 Å². The number of para-hydroxylation sites is 1. The lowest BCUT2D eigenvalue weighted by molar-refractivity contribution is -0.117. The Hall–Kier alpha value is -3.96. The number of rotatable bonds is 13. The molecule has 2 heterocycles. The van der Waals surface area contributed by atoms with Gasteiger partial charge in [0.05, 0.1) is 54.9 Å². The number of benzene rings is 1. The first-order valence-electron chi connectivity index (χ1n) is 13.2. The van der Waals surface area contributed by atoms with Crippen LogP contribution in [0.2, 0.25) is 0 Å². The number of pyridine rings is 1. The molecule has 5 rings (SSSR count). The second-order valence-corrected chi connectivity index (χ2v) is 10.1. The average Bonchev–Trinajstić information content (AvgIpc) is 3.66. The highest BCUT2D eigenvalue weighted by atomic mass is 16.5. The van der Waals surface area contributed by atoms with Crippen LogP contribution in [-0.2, 0) is 16.1 Å². The zero-order chi connectivity index (χ0) is 27.4. The molecule has 39 heavy (non-hydrogen) atoms. The Balaban J connectivity index is 1.36. The van der Waals surface area contributed by atoms with Gasteiger partial charge in [0.1, 0.15) is 5.82 Å². The number of nitrogens with one attached hydrogen (secondary N) is 2. The Morgan fingerprint density at radius 1 is 1.23 bits per heavy atom. The molecule has 2 amide bonds. The van der Waals surface area contributed by atoms with Crippen molar-refractivity contribution >= 4 is 29.0 Å². The highest BCUT2D eigenvalue weighted by molar-refractivity contribution is 6.01. The van der Waals surface area contributed by atoms with Crippen molar-refractivity contribution in [3.8, 4) is 17.0 Å². The molecule has 11 heteroatoms. The number of aliphatic hydroxyl groups excluding tert-OH is 1. The number of primary amides is 1. The summed E-state index contributed by atoms with van der Waals surface area (Å²) in [6.45, 7) is 1.13. The number of hydrogen-bond acceptors (Lipinski definition) is 8. The van der Waals surface area contributed by atoms with E-state index in [0.29, 0.717) is 29.5 Å². The lowest BCUT2D eigenvalue weighted by Gasteiger charge is -2.41. The molecule has 2 aliphatic rings. The molecule has 11 nitrogen and oxygen atoms in total. The summed E-state index contributed by atoms with van der Waals surface area (Å²) in [6, 6.07) is 7.20. The van der Waals surface area contributed by atoms with Crippen molar-refractivity contribution in [2.75, 3.05) is 31.0 Å². The number of amides is 2. The van der Waals surface area contributed by atoms with Crippen LogP contribution in [0.25, 0.3) is 11.3 Å². The molecule has 1 aromatic carbocycles. The third-order valence-electron chi connectivity index (χ3n) is 7.36. The Morgan fingerprint density at radius 3 is 2.72 bits per heavy atom. The maximum atomic E-state index is 12.2. The number of methoxy groups -OCH3 is 1. The third-order valence-corrected chi connectivity index (χ3v) is 7.36. The molecular formula is C28H34N6O5. The maximum Gasteiger partial charge on any atom is 0.252 e. The monoisotopic (exact) mass is 534 g/mol. The zero-order valence-electron chi connectivity index (χ0n) is 22.0. The fourth-order valence-electron chi connectivity index (χ4n) is 4.85. The molecule has 5 N–H and O–H groups in total. The molecule has 2 aliphatic carbocycles. The second-order valence-electron chi connectivity index (χ2n) is 10.1. The molecule has 0 bridgehead atoms. The smallest absolute Gasteiger partial charge is 0.252 e. The van der Waals surface area contributed by atoms with E-state index >= 15 is 0 Å². The van der Waals surface area contributed by atoms with E-state index in [1.165, 1.54) is 6.20 Å². The number of imidazole rings is 1.